The average molecular weight is 185 g/mol. The molecule has 0 amide bonds. The lowest BCUT2D eigenvalue weighted by molar-refractivity contribution is 1.62. The molecule has 1 aromatic carbocycles. The SMILES string of the molecule is C/C=C\c1cc(N)ccc1N.Cl. The van der Waals surface area contributed by atoms with Gasteiger partial charge in [0.15, 0.2) is 0 Å². The van der Waals surface area contributed by atoms with Gasteiger partial charge in [0.1, 0.15) is 0 Å². The normalized spacial score (nSPS) is 9.75. The first-order chi connectivity index (χ1) is 5.24. The van der Waals surface area contributed by atoms with Crippen LogP contribution in [0.25, 0.3) is 6.08 Å². The second-order valence-corrected chi connectivity index (χ2v) is 2.39. The number of nitrogens with two attached hydrogens (primary N) is 2. The molecule has 0 aliphatic carbocycles. The van der Waals surface area contributed by atoms with E-state index in [1.807, 2.05) is 31.2 Å². The predicted molar refractivity (Wildman–Crippen MR) is 57.2 cm³/mol. The molecule has 66 valence electrons. The van der Waals surface area contributed by atoms with E-state index in [0.717, 1.165) is 16.9 Å². The van der Waals surface area contributed by atoms with Crippen LogP contribution in [0, 0.1) is 0 Å². The van der Waals surface area contributed by atoms with Gasteiger partial charge in [0, 0.05) is 11.4 Å². The zero-order chi connectivity index (χ0) is 8.27. The molecule has 0 aliphatic heterocycles. The number of rotatable bonds is 1. The molecule has 0 unspecified atom stereocenters. The maximum absolute atomic E-state index is 5.67. The molecule has 0 heterocycles. The Labute approximate surface area is 78.7 Å². The topological polar surface area (TPSA) is 52.0 Å². The summed E-state index contributed by atoms with van der Waals surface area (Å²) < 4.78 is 0. The number of benzene rings is 1. The van der Waals surface area contributed by atoms with Gasteiger partial charge in [0.2, 0.25) is 0 Å². The van der Waals surface area contributed by atoms with E-state index in [4.69, 9.17) is 11.5 Å². The molecule has 3 heteroatoms. The number of hydrogen-bond donors (Lipinski definition) is 2. The minimum atomic E-state index is 0. The van der Waals surface area contributed by atoms with Crippen LogP contribution in [0.3, 0.4) is 0 Å². The van der Waals surface area contributed by atoms with Crippen molar-refractivity contribution in [2.75, 3.05) is 11.5 Å². The van der Waals surface area contributed by atoms with E-state index in [-0.39, 0.29) is 12.4 Å². The molecule has 0 atom stereocenters. The number of anilines is 2. The first-order valence-corrected chi connectivity index (χ1v) is 3.51. The highest BCUT2D eigenvalue weighted by Crippen LogP contribution is 2.16. The fraction of sp³-hybridized carbons (Fsp3) is 0.111. The Balaban J connectivity index is 0.00000121. The Morgan fingerprint density at radius 1 is 1.25 bits per heavy atom. The van der Waals surface area contributed by atoms with Gasteiger partial charge in [0.25, 0.3) is 0 Å². The van der Waals surface area contributed by atoms with Gasteiger partial charge in [-0.05, 0) is 30.7 Å². The molecular weight excluding hydrogens is 172 g/mol. The summed E-state index contributed by atoms with van der Waals surface area (Å²) in [4.78, 5) is 0. The van der Waals surface area contributed by atoms with Gasteiger partial charge < -0.3 is 11.5 Å². The molecule has 0 aliphatic rings. The summed E-state index contributed by atoms with van der Waals surface area (Å²) >= 11 is 0. The predicted octanol–water partition coefficient (Wildman–Crippen LogP) is 2.31. The summed E-state index contributed by atoms with van der Waals surface area (Å²) in [5.41, 5.74) is 13.7. The van der Waals surface area contributed by atoms with Crippen LogP contribution in [-0.2, 0) is 0 Å². The third-order valence-corrected chi connectivity index (χ3v) is 1.46. The number of allylic oxidation sites excluding steroid dienone is 1. The highest BCUT2D eigenvalue weighted by Gasteiger charge is 1.93. The van der Waals surface area contributed by atoms with Gasteiger partial charge in [-0.2, -0.15) is 0 Å². The minimum absolute atomic E-state index is 0. The highest BCUT2D eigenvalue weighted by molar-refractivity contribution is 5.85. The molecule has 0 saturated carbocycles. The van der Waals surface area contributed by atoms with E-state index in [1.54, 1.807) is 6.07 Å². The van der Waals surface area contributed by atoms with E-state index in [1.165, 1.54) is 0 Å². The monoisotopic (exact) mass is 184 g/mol. The fourth-order valence-corrected chi connectivity index (χ4v) is 0.917. The number of hydrogen-bond acceptors (Lipinski definition) is 2. The Bertz CT molecular complexity index is 282. The quantitative estimate of drug-likeness (QED) is 0.659. The molecule has 0 bridgehead atoms. The Morgan fingerprint density at radius 3 is 2.50 bits per heavy atom. The molecular formula is C9H13ClN2. The van der Waals surface area contributed by atoms with Crippen molar-refractivity contribution in [2.24, 2.45) is 0 Å². The third-order valence-electron chi connectivity index (χ3n) is 1.46. The van der Waals surface area contributed by atoms with E-state index in [9.17, 15) is 0 Å². The summed E-state index contributed by atoms with van der Waals surface area (Å²) in [6.07, 6.45) is 3.87. The summed E-state index contributed by atoms with van der Waals surface area (Å²) in [5, 5.41) is 0. The second-order valence-electron chi connectivity index (χ2n) is 2.39. The van der Waals surface area contributed by atoms with Crippen molar-refractivity contribution in [1.29, 1.82) is 0 Å². The van der Waals surface area contributed by atoms with Gasteiger partial charge in [-0.15, -0.1) is 12.4 Å². The van der Waals surface area contributed by atoms with Crippen LogP contribution in [0.1, 0.15) is 12.5 Å². The molecule has 0 saturated heterocycles. The van der Waals surface area contributed by atoms with E-state index < -0.39 is 0 Å². The number of nitrogen functional groups attached to an aromatic ring is 2. The lowest BCUT2D eigenvalue weighted by Crippen LogP contribution is -1.91. The van der Waals surface area contributed by atoms with Crippen LogP contribution >= 0.6 is 12.4 Å². The lowest BCUT2D eigenvalue weighted by atomic mass is 10.1. The molecule has 4 N–H and O–H groups in total. The smallest absolute Gasteiger partial charge is 0.0389 e. The largest absolute Gasteiger partial charge is 0.399 e. The molecule has 12 heavy (non-hydrogen) atoms. The standard InChI is InChI=1S/C9H12N2.ClH/c1-2-3-7-6-8(10)4-5-9(7)11;/h2-6H,10-11H2,1H3;1H/b3-2-;. The third kappa shape index (κ3) is 2.47. The van der Waals surface area contributed by atoms with Gasteiger partial charge >= 0.3 is 0 Å². The zero-order valence-corrected chi connectivity index (χ0v) is 7.77. The van der Waals surface area contributed by atoms with Gasteiger partial charge in [-0.3, -0.25) is 0 Å². The van der Waals surface area contributed by atoms with Crippen molar-refractivity contribution < 1.29 is 0 Å². The summed E-state index contributed by atoms with van der Waals surface area (Å²) in [5.74, 6) is 0. The molecule has 0 spiro atoms. The van der Waals surface area contributed by atoms with Gasteiger partial charge in [-0.25, -0.2) is 0 Å². The van der Waals surface area contributed by atoms with Crippen molar-refractivity contribution in [3.05, 3.63) is 29.8 Å². The van der Waals surface area contributed by atoms with Crippen molar-refractivity contribution >= 4 is 29.9 Å². The summed E-state index contributed by atoms with van der Waals surface area (Å²) in [7, 11) is 0. The average Bonchev–Trinajstić information content (AvgIpc) is 1.98. The van der Waals surface area contributed by atoms with Gasteiger partial charge in [-0.1, -0.05) is 12.2 Å². The molecule has 2 nitrogen and oxygen atoms in total. The van der Waals surface area contributed by atoms with Crippen LogP contribution in [0.15, 0.2) is 24.3 Å². The molecule has 1 aromatic rings. The maximum Gasteiger partial charge on any atom is 0.0389 e. The second kappa shape index (κ2) is 4.67. The molecule has 0 aromatic heterocycles. The van der Waals surface area contributed by atoms with E-state index in [0.29, 0.717) is 0 Å². The van der Waals surface area contributed by atoms with Crippen LogP contribution in [0.2, 0.25) is 0 Å². The molecule has 1 rings (SSSR count). The maximum atomic E-state index is 5.67. The van der Waals surface area contributed by atoms with E-state index >= 15 is 0 Å². The van der Waals surface area contributed by atoms with Gasteiger partial charge in [0.05, 0.1) is 0 Å². The van der Waals surface area contributed by atoms with Crippen molar-refractivity contribution in [1.82, 2.24) is 0 Å². The molecule has 0 radical (unpaired) electrons. The van der Waals surface area contributed by atoms with E-state index in [2.05, 4.69) is 0 Å². The first-order valence-electron chi connectivity index (χ1n) is 3.51. The summed E-state index contributed by atoms with van der Waals surface area (Å²) in [6, 6.07) is 5.46. The first kappa shape index (κ1) is 10.8. The Kier molecular flexibility index (Phi) is 4.22. The van der Waals surface area contributed by atoms with Crippen molar-refractivity contribution in [3.8, 4) is 0 Å². The van der Waals surface area contributed by atoms with Crippen LogP contribution in [0.4, 0.5) is 11.4 Å². The number of halogens is 1. The van der Waals surface area contributed by atoms with Crippen LogP contribution < -0.4 is 11.5 Å². The minimum Gasteiger partial charge on any atom is -0.399 e. The van der Waals surface area contributed by atoms with Crippen molar-refractivity contribution in [2.45, 2.75) is 6.92 Å². The Hall–Kier alpha value is -1.15. The fourth-order valence-electron chi connectivity index (χ4n) is 0.917. The van der Waals surface area contributed by atoms with Crippen LogP contribution in [-0.4, -0.2) is 0 Å². The highest BCUT2D eigenvalue weighted by atomic mass is 35.5. The van der Waals surface area contributed by atoms with Crippen LogP contribution in [0.5, 0.6) is 0 Å². The zero-order valence-electron chi connectivity index (χ0n) is 6.95. The Morgan fingerprint density at radius 2 is 1.92 bits per heavy atom. The van der Waals surface area contributed by atoms with Crippen molar-refractivity contribution in [3.63, 3.8) is 0 Å². The summed E-state index contributed by atoms with van der Waals surface area (Å²) in [6.45, 7) is 1.95. The molecule has 0 fully saturated rings. The lowest BCUT2D eigenvalue weighted by Gasteiger charge is -2.00.